The first-order chi connectivity index (χ1) is 17.8. The average molecular weight is 508 g/mol. The smallest absolute Gasteiger partial charge is 0.411 e. The molecule has 0 aliphatic carbocycles. The molecule has 1 aromatic heterocycles. The van der Waals surface area contributed by atoms with Crippen molar-refractivity contribution in [3.63, 3.8) is 0 Å². The number of benzene rings is 3. The first kappa shape index (κ1) is 24.5. The highest BCUT2D eigenvalue weighted by Gasteiger charge is 2.43. The largest absolute Gasteiger partial charge is 0.438 e. The summed E-state index contributed by atoms with van der Waals surface area (Å²) in [5.41, 5.74) is 1.47. The fourth-order valence-electron chi connectivity index (χ4n) is 4.75. The number of carbonyl (C=O) groups is 1. The summed E-state index contributed by atoms with van der Waals surface area (Å²) >= 11 is 0. The number of nitrogens with zero attached hydrogens (tertiary/aromatic N) is 4. The van der Waals surface area contributed by atoms with Crippen molar-refractivity contribution >= 4 is 6.09 Å². The number of ether oxygens (including phenoxy) is 1. The second-order valence-corrected chi connectivity index (χ2v) is 9.06. The molecule has 1 N–H and O–H groups in total. The van der Waals surface area contributed by atoms with E-state index in [1.54, 1.807) is 29.2 Å². The van der Waals surface area contributed by atoms with E-state index in [-0.39, 0.29) is 11.9 Å². The molecule has 1 aliphatic heterocycles. The predicted octanol–water partition coefficient (Wildman–Crippen LogP) is 5.72. The molecule has 0 radical (unpaired) electrons. The van der Waals surface area contributed by atoms with Gasteiger partial charge in [-0.2, -0.15) is 5.21 Å². The average Bonchev–Trinajstić information content (AvgIpc) is 3.42. The second-order valence-electron chi connectivity index (χ2n) is 9.06. The van der Waals surface area contributed by atoms with Gasteiger partial charge in [-0.05, 0) is 54.3 Å². The van der Waals surface area contributed by atoms with Crippen molar-refractivity contribution in [1.29, 1.82) is 0 Å². The lowest BCUT2D eigenvalue weighted by atomic mass is 9.84. The molecule has 4 aromatic rings. The van der Waals surface area contributed by atoms with Crippen LogP contribution in [-0.2, 0) is 16.8 Å². The van der Waals surface area contributed by atoms with Crippen LogP contribution in [0.25, 0.3) is 11.1 Å². The number of amides is 1. The van der Waals surface area contributed by atoms with Crippen LogP contribution < -0.4 is 0 Å². The van der Waals surface area contributed by atoms with E-state index < -0.39 is 23.3 Å². The number of hydrogen-bond acceptors (Lipinski definition) is 5. The Balaban J connectivity index is 1.34. The van der Waals surface area contributed by atoms with Crippen LogP contribution in [0.3, 0.4) is 0 Å². The van der Waals surface area contributed by atoms with Gasteiger partial charge in [-0.1, -0.05) is 41.6 Å². The Kier molecular flexibility index (Phi) is 6.64. The molecule has 2 heterocycles. The summed E-state index contributed by atoms with van der Waals surface area (Å²) in [5.74, 6) is -1.16. The third kappa shape index (κ3) is 5.04. The van der Waals surface area contributed by atoms with Crippen LogP contribution in [0.5, 0.6) is 0 Å². The van der Waals surface area contributed by atoms with Gasteiger partial charge in [0.25, 0.3) is 0 Å². The van der Waals surface area contributed by atoms with Crippen molar-refractivity contribution < 1.29 is 22.7 Å². The topological polar surface area (TPSA) is 84.0 Å². The van der Waals surface area contributed by atoms with E-state index in [0.29, 0.717) is 48.3 Å². The Bertz CT molecular complexity index is 1380. The molecule has 0 saturated carbocycles. The lowest BCUT2D eigenvalue weighted by Gasteiger charge is -2.43. The van der Waals surface area contributed by atoms with Crippen LogP contribution in [0.4, 0.5) is 18.0 Å². The van der Waals surface area contributed by atoms with E-state index >= 15 is 0 Å². The quantitative estimate of drug-likeness (QED) is 0.346. The monoisotopic (exact) mass is 507 g/mol. The Morgan fingerprint density at radius 2 is 1.76 bits per heavy atom. The Morgan fingerprint density at radius 3 is 2.41 bits per heavy atom. The molecule has 1 amide bonds. The molecule has 2 atom stereocenters. The number of aromatic amines is 1. The van der Waals surface area contributed by atoms with Gasteiger partial charge in [-0.15, -0.1) is 10.2 Å². The fourth-order valence-corrected chi connectivity index (χ4v) is 4.75. The Labute approximate surface area is 211 Å². The SMILES string of the molecule is C[C@@H](c1ccc(-c2ccc(F)cc2F)cc1)N1CC[C@](CCc2nn[nH]n2)(c2ccc(F)cc2)OC1=O. The summed E-state index contributed by atoms with van der Waals surface area (Å²) in [6.45, 7) is 2.29. The van der Waals surface area contributed by atoms with Crippen LogP contribution in [-0.4, -0.2) is 38.2 Å². The van der Waals surface area contributed by atoms with Gasteiger partial charge in [0.1, 0.15) is 23.1 Å². The zero-order valence-corrected chi connectivity index (χ0v) is 20.0. The molecule has 3 aromatic carbocycles. The molecule has 10 heteroatoms. The normalized spacial score (nSPS) is 18.5. The minimum Gasteiger partial charge on any atom is -0.438 e. The zero-order chi connectivity index (χ0) is 26.0. The molecule has 1 fully saturated rings. The molecule has 0 bridgehead atoms. The maximum Gasteiger partial charge on any atom is 0.411 e. The lowest BCUT2D eigenvalue weighted by Crippen LogP contribution is -2.49. The summed E-state index contributed by atoms with van der Waals surface area (Å²) in [6.07, 6.45) is 0.804. The molecule has 1 saturated heterocycles. The lowest BCUT2D eigenvalue weighted by molar-refractivity contribution is -0.0655. The van der Waals surface area contributed by atoms with Crippen molar-refractivity contribution in [2.75, 3.05) is 6.54 Å². The van der Waals surface area contributed by atoms with E-state index in [1.807, 2.05) is 19.1 Å². The number of rotatable bonds is 7. The van der Waals surface area contributed by atoms with E-state index in [2.05, 4.69) is 20.6 Å². The minimum absolute atomic E-state index is 0.295. The number of cyclic esters (lactones) is 1. The van der Waals surface area contributed by atoms with Gasteiger partial charge in [0, 0.05) is 31.0 Å². The number of halogens is 3. The molecule has 7 nitrogen and oxygen atoms in total. The van der Waals surface area contributed by atoms with Gasteiger partial charge in [0.2, 0.25) is 0 Å². The van der Waals surface area contributed by atoms with Crippen molar-refractivity contribution in [3.8, 4) is 11.1 Å². The van der Waals surface area contributed by atoms with E-state index in [1.165, 1.54) is 24.3 Å². The third-order valence-corrected chi connectivity index (χ3v) is 6.89. The summed E-state index contributed by atoms with van der Waals surface area (Å²) in [4.78, 5) is 14.9. The fraction of sp³-hybridized carbons (Fsp3) is 0.259. The van der Waals surface area contributed by atoms with Crippen LogP contribution in [0.2, 0.25) is 0 Å². The van der Waals surface area contributed by atoms with Crippen LogP contribution in [0.15, 0.2) is 66.7 Å². The number of H-pyrrole nitrogens is 1. The standard InChI is InChI=1S/C27H24F3N5O2/c1-17(18-2-4-19(5-3-18)23-11-10-22(29)16-24(23)30)35-15-14-27(37-26(35)36,13-12-25-31-33-34-32-25)20-6-8-21(28)9-7-20/h2-11,16-17H,12-15H2,1H3,(H,31,32,33,34)/t17-,27+/m0/s1. The van der Waals surface area contributed by atoms with Crippen molar-refractivity contribution in [2.24, 2.45) is 0 Å². The van der Waals surface area contributed by atoms with E-state index in [9.17, 15) is 18.0 Å². The van der Waals surface area contributed by atoms with Gasteiger partial charge < -0.3 is 9.64 Å². The molecule has 1 aliphatic rings. The van der Waals surface area contributed by atoms with Crippen molar-refractivity contribution in [1.82, 2.24) is 25.5 Å². The van der Waals surface area contributed by atoms with Crippen LogP contribution in [0.1, 0.15) is 42.8 Å². The maximum absolute atomic E-state index is 14.2. The molecule has 37 heavy (non-hydrogen) atoms. The maximum atomic E-state index is 14.2. The van der Waals surface area contributed by atoms with Gasteiger partial charge in [-0.3, -0.25) is 0 Å². The summed E-state index contributed by atoms with van der Waals surface area (Å²) in [5, 5.41) is 13.9. The number of hydrogen-bond donors (Lipinski definition) is 1. The van der Waals surface area contributed by atoms with Crippen molar-refractivity contribution in [2.45, 2.75) is 37.8 Å². The minimum atomic E-state index is -0.967. The number of aryl methyl sites for hydroxylation is 1. The second kappa shape index (κ2) is 10.0. The molecule has 0 spiro atoms. The molecular formula is C27H24F3N5O2. The van der Waals surface area contributed by atoms with E-state index in [0.717, 1.165) is 11.6 Å². The molecule has 5 rings (SSSR count). The highest BCUT2D eigenvalue weighted by Crippen LogP contribution is 2.40. The van der Waals surface area contributed by atoms with Crippen LogP contribution in [0, 0.1) is 17.5 Å². The summed E-state index contributed by atoms with van der Waals surface area (Å²) in [6, 6.07) is 16.2. The summed E-state index contributed by atoms with van der Waals surface area (Å²) < 4.78 is 47.1. The number of tetrazole rings is 1. The predicted molar refractivity (Wildman–Crippen MR) is 129 cm³/mol. The Hall–Kier alpha value is -4.21. The molecule has 0 unspecified atom stereocenters. The molecule has 190 valence electrons. The first-order valence-electron chi connectivity index (χ1n) is 11.9. The zero-order valence-electron chi connectivity index (χ0n) is 20.0. The third-order valence-electron chi connectivity index (χ3n) is 6.89. The first-order valence-corrected chi connectivity index (χ1v) is 11.9. The number of aromatic nitrogens is 4. The highest BCUT2D eigenvalue weighted by molar-refractivity contribution is 5.70. The Morgan fingerprint density at radius 1 is 1.03 bits per heavy atom. The summed E-state index contributed by atoms with van der Waals surface area (Å²) in [7, 11) is 0. The van der Waals surface area contributed by atoms with Gasteiger partial charge in [-0.25, -0.2) is 18.0 Å². The molecular weight excluding hydrogens is 483 g/mol. The van der Waals surface area contributed by atoms with Crippen LogP contribution >= 0.6 is 0 Å². The van der Waals surface area contributed by atoms with E-state index in [4.69, 9.17) is 4.74 Å². The van der Waals surface area contributed by atoms with Crippen molar-refractivity contribution in [3.05, 3.63) is 101 Å². The highest BCUT2D eigenvalue weighted by atomic mass is 19.1. The number of nitrogens with one attached hydrogen (secondary N) is 1. The van der Waals surface area contributed by atoms with Gasteiger partial charge in [0.05, 0.1) is 6.04 Å². The van der Waals surface area contributed by atoms with Gasteiger partial charge in [0.15, 0.2) is 5.82 Å². The van der Waals surface area contributed by atoms with Gasteiger partial charge >= 0.3 is 6.09 Å². The number of carbonyl (C=O) groups excluding carboxylic acids is 1.